The number of nitrogens with zero attached hydrogens (tertiary/aromatic N) is 5. The molecular weight excluding hydrogens is 483 g/mol. The van der Waals surface area contributed by atoms with E-state index in [-0.39, 0.29) is 30.3 Å². The van der Waals surface area contributed by atoms with Crippen LogP contribution in [0.25, 0.3) is 22.3 Å². The third kappa shape index (κ3) is 5.01. The molecule has 10 heteroatoms. The first-order valence-corrected chi connectivity index (χ1v) is 11.9. The number of carbonyl (C=O) groups is 1. The molecule has 1 aliphatic heterocycles. The maximum absolute atomic E-state index is 13.4. The zero-order chi connectivity index (χ0) is 25.2. The Hall–Kier alpha value is -3.98. The molecule has 0 spiro atoms. The van der Waals surface area contributed by atoms with Crippen molar-refractivity contribution in [1.82, 2.24) is 19.9 Å². The summed E-state index contributed by atoms with van der Waals surface area (Å²) in [5, 5.41) is 0.607. The van der Waals surface area contributed by atoms with Crippen LogP contribution in [-0.4, -0.2) is 58.0 Å². The van der Waals surface area contributed by atoms with Crippen LogP contribution in [0.1, 0.15) is 6.92 Å². The molecule has 184 valence electrons. The van der Waals surface area contributed by atoms with Gasteiger partial charge in [-0.25, -0.2) is 14.4 Å². The van der Waals surface area contributed by atoms with Crippen LogP contribution in [0.15, 0.2) is 60.7 Å². The lowest BCUT2D eigenvalue weighted by molar-refractivity contribution is -0.134. The van der Waals surface area contributed by atoms with E-state index in [4.69, 9.17) is 27.1 Å². The number of hydrogen-bond donors (Lipinski definition) is 1. The number of fused-ring (bicyclic) bond motifs is 1. The predicted octanol–water partition coefficient (Wildman–Crippen LogP) is 4.18. The zero-order valence-corrected chi connectivity index (χ0v) is 20.3. The molecule has 0 unspecified atom stereocenters. The summed E-state index contributed by atoms with van der Waals surface area (Å²) in [6.45, 7) is 3.50. The van der Waals surface area contributed by atoms with Gasteiger partial charge in [0.1, 0.15) is 17.1 Å². The highest BCUT2D eigenvalue weighted by molar-refractivity contribution is 6.30. The third-order valence-corrected chi connectivity index (χ3v) is 6.36. The summed E-state index contributed by atoms with van der Waals surface area (Å²) in [5.41, 5.74) is 8.69. The first kappa shape index (κ1) is 23.7. The Morgan fingerprint density at radius 3 is 2.53 bits per heavy atom. The van der Waals surface area contributed by atoms with E-state index in [2.05, 4.69) is 14.9 Å². The van der Waals surface area contributed by atoms with E-state index >= 15 is 0 Å². The Labute approximate surface area is 212 Å². The predicted molar refractivity (Wildman–Crippen MR) is 137 cm³/mol. The fraction of sp³-hybridized carbons (Fsp3) is 0.231. The first-order chi connectivity index (χ1) is 17.4. The molecule has 0 saturated carbocycles. The maximum Gasteiger partial charge on any atom is 0.260 e. The molecule has 0 radical (unpaired) electrons. The van der Waals surface area contributed by atoms with Gasteiger partial charge in [-0.05, 0) is 67.6 Å². The minimum Gasteiger partial charge on any atom is -0.484 e. The van der Waals surface area contributed by atoms with Gasteiger partial charge in [-0.15, -0.1) is 0 Å². The number of rotatable bonds is 5. The van der Waals surface area contributed by atoms with Crippen LogP contribution in [0.5, 0.6) is 5.75 Å². The van der Waals surface area contributed by atoms with Crippen LogP contribution in [0.2, 0.25) is 5.02 Å². The fourth-order valence-corrected chi connectivity index (χ4v) is 4.39. The monoisotopic (exact) mass is 506 g/mol. The summed E-state index contributed by atoms with van der Waals surface area (Å²) in [4.78, 5) is 30.3. The molecule has 1 aliphatic rings. The quantitative estimate of drug-likeness (QED) is 0.433. The molecule has 1 amide bonds. The number of nitrogens with two attached hydrogens (primary N) is 1. The molecular formula is C26H24ClFN6O2. The van der Waals surface area contributed by atoms with Gasteiger partial charge in [0, 0.05) is 36.3 Å². The fourth-order valence-electron chi connectivity index (χ4n) is 4.26. The van der Waals surface area contributed by atoms with Crippen LogP contribution >= 0.6 is 11.6 Å². The number of hydrogen-bond acceptors (Lipinski definition) is 7. The van der Waals surface area contributed by atoms with E-state index in [1.807, 2.05) is 19.1 Å². The van der Waals surface area contributed by atoms with Crippen molar-refractivity contribution in [1.29, 1.82) is 0 Å². The highest BCUT2D eigenvalue weighted by Gasteiger charge is 2.29. The lowest BCUT2D eigenvalue weighted by atomic mass is 10.1. The normalized spacial score (nSPS) is 15.8. The Balaban J connectivity index is 1.34. The number of aromatic nitrogens is 3. The highest BCUT2D eigenvalue weighted by atomic mass is 35.5. The molecule has 4 aromatic rings. The summed E-state index contributed by atoms with van der Waals surface area (Å²) in [7, 11) is 0. The molecule has 0 aliphatic carbocycles. The number of benzene rings is 2. The van der Waals surface area contributed by atoms with E-state index in [9.17, 15) is 9.18 Å². The average molecular weight is 507 g/mol. The highest BCUT2D eigenvalue weighted by Crippen LogP contribution is 2.29. The lowest BCUT2D eigenvalue weighted by Crippen LogP contribution is -2.55. The van der Waals surface area contributed by atoms with Crippen molar-refractivity contribution in [2.45, 2.75) is 13.0 Å². The molecule has 5 rings (SSSR count). The second-order valence-electron chi connectivity index (χ2n) is 8.60. The third-order valence-electron chi connectivity index (χ3n) is 6.11. The smallest absolute Gasteiger partial charge is 0.260 e. The molecule has 1 saturated heterocycles. The average Bonchev–Trinajstić information content (AvgIpc) is 2.88. The Kier molecular flexibility index (Phi) is 6.56. The second-order valence-corrected chi connectivity index (χ2v) is 9.04. The second kappa shape index (κ2) is 9.94. The van der Waals surface area contributed by atoms with Crippen molar-refractivity contribution >= 4 is 40.3 Å². The van der Waals surface area contributed by atoms with Gasteiger partial charge in [0.2, 0.25) is 5.95 Å². The van der Waals surface area contributed by atoms with E-state index in [0.29, 0.717) is 53.0 Å². The van der Waals surface area contributed by atoms with Crippen LogP contribution in [-0.2, 0) is 4.79 Å². The Bertz CT molecular complexity index is 1400. The van der Waals surface area contributed by atoms with E-state index in [1.54, 1.807) is 41.3 Å². The van der Waals surface area contributed by atoms with Gasteiger partial charge in [-0.3, -0.25) is 4.79 Å². The topological polar surface area (TPSA) is 97.5 Å². The minimum absolute atomic E-state index is 0.0491. The SMILES string of the molecule is C[C@H]1CN(C(=O)COc2ccc(Cl)cc2)CCN1c1nc(N)nc2ccc(-c3ccc(F)cc3)nc12. The van der Waals surface area contributed by atoms with Crippen molar-refractivity contribution in [2.75, 3.05) is 36.9 Å². The number of pyridine rings is 1. The number of halogens is 2. The van der Waals surface area contributed by atoms with Gasteiger partial charge in [0.05, 0.1) is 11.2 Å². The van der Waals surface area contributed by atoms with Gasteiger partial charge in [0.15, 0.2) is 12.4 Å². The summed E-state index contributed by atoms with van der Waals surface area (Å²) in [5.74, 6) is 0.941. The summed E-state index contributed by atoms with van der Waals surface area (Å²) >= 11 is 5.90. The van der Waals surface area contributed by atoms with Crippen molar-refractivity contribution in [3.05, 3.63) is 71.5 Å². The van der Waals surface area contributed by atoms with Crippen molar-refractivity contribution in [2.24, 2.45) is 0 Å². The van der Waals surface area contributed by atoms with E-state index in [1.165, 1.54) is 12.1 Å². The molecule has 3 heterocycles. The molecule has 0 bridgehead atoms. The van der Waals surface area contributed by atoms with E-state index in [0.717, 1.165) is 5.56 Å². The van der Waals surface area contributed by atoms with Crippen molar-refractivity contribution in [3.63, 3.8) is 0 Å². The van der Waals surface area contributed by atoms with Crippen LogP contribution in [0, 0.1) is 5.82 Å². The zero-order valence-electron chi connectivity index (χ0n) is 19.6. The number of anilines is 2. The maximum atomic E-state index is 13.4. The minimum atomic E-state index is -0.309. The van der Waals surface area contributed by atoms with Crippen LogP contribution < -0.4 is 15.4 Å². The number of nitrogen functional groups attached to an aromatic ring is 1. The summed E-state index contributed by atoms with van der Waals surface area (Å²) < 4.78 is 19.0. The van der Waals surface area contributed by atoms with Crippen LogP contribution in [0.4, 0.5) is 16.2 Å². The molecule has 1 fully saturated rings. The molecule has 2 aromatic heterocycles. The van der Waals surface area contributed by atoms with Gasteiger partial charge < -0.3 is 20.3 Å². The summed E-state index contributed by atoms with van der Waals surface area (Å²) in [6.07, 6.45) is 0. The number of piperazine rings is 1. The van der Waals surface area contributed by atoms with Gasteiger partial charge in [-0.1, -0.05) is 11.6 Å². The molecule has 1 atom stereocenters. The number of carbonyl (C=O) groups excluding carboxylic acids is 1. The van der Waals surface area contributed by atoms with E-state index < -0.39 is 0 Å². The van der Waals surface area contributed by atoms with Gasteiger partial charge in [-0.2, -0.15) is 4.98 Å². The van der Waals surface area contributed by atoms with Crippen molar-refractivity contribution < 1.29 is 13.9 Å². The summed E-state index contributed by atoms with van der Waals surface area (Å²) in [6, 6.07) is 16.7. The molecule has 8 nitrogen and oxygen atoms in total. The molecule has 2 aromatic carbocycles. The standard InChI is InChI=1S/C26H24ClFN6O2/c1-16-14-33(23(35)15-36-20-8-4-18(27)5-9-20)12-13-34(16)25-24-22(31-26(29)32-25)11-10-21(30-24)17-2-6-19(28)7-3-17/h2-11,16H,12-15H2,1H3,(H2,29,31,32)/t16-/m0/s1. The largest absolute Gasteiger partial charge is 0.484 e. The van der Waals surface area contributed by atoms with Gasteiger partial charge >= 0.3 is 0 Å². The lowest BCUT2D eigenvalue weighted by Gasteiger charge is -2.40. The first-order valence-electron chi connectivity index (χ1n) is 11.5. The number of amides is 1. The van der Waals surface area contributed by atoms with Crippen LogP contribution in [0.3, 0.4) is 0 Å². The molecule has 36 heavy (non-hydrogen) atoms. The van der Waals surface area contributed by atoms with Crippen molar-refractivity contribution in [3.8, 4) is 17.0 Å². The molecule has 2 N–H and O–H groups in total. The number of ether oxygens (including phenoxy) is 1. The Morgan fingerprint density at radius 2 is 1.81 bits per heavy atom. The van der Waals surface area contributed by atoms with Gasteiger partial charge in [0.25, 0.3) is 5.91 Å². The Morgan fingerprint density at radius 1 is 1.06 bits per heavy atom.